The number of hydrogen-bond donors (Lipinski definition) is 0. The summed E-state index contributed by atoms with van der Waals surface area (Å²) in [5.41, 5.74) is -2.75. The minimum absolute atomic E-state index is 0.0164. The van der Waals surface area contributed by atoms with E-state index in [1.807, 2.05) is 35.2 Å². The molecule has 0 aliphatic carbocycles. The highest BCUT2D eigenvalue weighted by atomic mass is 19.4. The molecule has 0 N–H and O–H groups in total. The van der Waals surface area contributed by atoms with Crippen molar-refractivity contribution in [1.29, 1.82) is 0 Å². The van der Waals surface area contributed by atoms with Gasteiger partial charge < -0.3 is 19.4 Å². The lowest BCUT2D eigenvalue weighted by atomic mass is 9.84. The molecule has 2 aromatic carbocycles. The molecule has 3 aliphatic rings. The average Bonchev–Trinajstić information content (AvgIpc) is 3.00. The molecule has 2 aromatic rings. The van der Waals surface area contributed by atoms with Gasteiger partial charge in [-0.05, 0) is 30.2 Å². The van der Waals surface area contributed by atoms with Crippen molar-refractivity contribution in [3.63, 3.8) is 0 Å². The maximum Gasteiger partial charge on any atom is 0.416 e. The Hall–Kier alpha value is -3.32. The number of piperidine rings is 1. The Morgan fingerprint density at radius 3 is 1.86 bits per heavy atom. The molecular formula is C29H32F6N4O3. The maximum absolute atomic E-state index is 13.4. The number of benzene rings is 2. The van der Waals surface area contributed by atoms with E-state index in [0.717, 1.165) is 5.56 Å². The molecule has 2 unspecified atom stereocenters. The van der Waals surface area contributed by atoms with E-state index < -0.39 is 35.0 Å². The van der Waals surface area contributed by atoms with E-state index in [4.69, 9.17) is 4.74 Å². The fourth-order valence-electron chi connectivity index (χ4n) is 6.05. The second kappa shape index (κ2) is 12.1. The second-order valence-electron chi connectivity index (χ2n) is 10.8. The third kappa shape index (κ3) is 6.67. The van der Waals surface area contributed by atoms with Crippen molar-refractivity contribution in [2.45, 2.75) is 30.7 Å². The van der Waals surface area contributed by atoms with Crippen molar-refractivity contribution in [2.24, 2.45) is 0 Å². The van der Waals surface area contributed by atoms with Gasteiger partial charge in [-0.1, -0.05) is 30.3 Å². The third-order valence-electron chi connectivity index (χ3n) is 8.26. The lowest BCUT2D eigenvalue weighted by Gasteiger charge is -2.47. The standard InChI is InChI=1S/C29H32F6N4O3/c30-28(31,32)22-16-21(17-23(18-22)29(33,34)35)26(40)39-7-6-25(24(19-39)20-4-2-1-3-5-20)36-8-10-37(11-9-36)27(41)38-12-14-42-15-13-38/h1-5,16-18,24-25H,6-15,19H2. The number of ether oxygens (including phenoxy) is 1. The molecule has 7 nitrogen and oxygen atoms in total. The quantitative estimate of drug-likeness (QED) is 0.477. The van der Waals surface area contributed by atoms with Crippen LogP contribution >= 0.6 is 0 Å². The van der Waals surface area contributed by atoms with Crippen molar-refractivity contribution in [3.05, 3.63) is 70.8 Å². The Kier molecular flexibility index (Phi) is 8.70. The third-order valence-corrected chi connectivity index (χ3v) is 8.26. The number of likely N-dealkylation sites (tertiary alicyclic amines) is 1. The number of morpholine rings is 1. The number of hydrogen-bond acceptors (Lipinski definition) is 4. The first kappa shape index (κ1) is 30.1. The number of piperazine rings is 1. The lowest BCUT2D eigenvalue weighted by molar-refractivity contribution is -0.143. The van der Waals surface area contributed by atoms with Gasteiger partial charge in [-0.3, -0.25) is 9.69 Å². The van der Waals surface area contributed by atoms with Crippen molar-refractivity contribution >= 4 is 11.9 Å². The van der Waals surface area contributed by atoms with Gasteiger partial charge in [-0.2, -0.15) is 26.3 Å². The van der Waals surface area contributed by atoms with Crippen molar-refractivity contribution < 1.29 is 40.7 Å². The first-order chi connectivity index (χ1) is 19.9. The maximum atomic E-state index is 13.4. The first-order valence-electron chi connectivity index (χ1n) is 13.9. The number of rotatable bonds is 3. The van der Waals surface area contributed by atoms with Crippen molar-refractivity contribution in [3.8, 4) is 0 Å². The molecule has 228 valence electrons. The van der Waals surface area contributed by atoms with Gasteiger partial charge in [0.05, 0.1) is 24.3 Å². The number of urea groups is 1. The number of alkyl halides is 6. The molecule has 13 heteroatoms. The first-order valence-corrected chi connectivity index (χ1v) is 13.9. The van der Waals surface area contributed by atoms with Crippen LogP contribution < -0.4 is 0 Å². The van der Waals surface area contributed by atoms with Gasteiger partial charge in [0.2, 0.25) is 0 Å². The van der Waals surface area contributed by atoms with Crippen LogP contribution in [0.4, 0.5) is 31.1 Å². The molecule has 5 rings (SSSR count). The predicted octanol–water partition coefficient (Wildman–Crippen LogP) is 4.79. The van der Waals surface area contributed by atoms with Gasteiger partial charge >= 0.3 is 18.4 Å². The molecule has 3 heterocycles. The van der Waals surface area contributed by atoms with Crippen LogP contribution in [0, 0.1) is 0 Å². The molecule has 42 heavy (non-hydrogen) atoms. The highest BCUT2D eigenvalue weighted by Crippen LogP contribution is 2.38. The van der Waals surface area contributed by atoms with Gasteiger partial charge in [0.15, 0.2) is 0 Å². The van der Waals surface area contributed by atoms with Gasteiger partial charge in [0, 0.05) is 69.9 Å². The minimum atomic E-state index is -5.04. The summed E-state index contributed by atoms with van der Waals surface area (Å²) in [6, 6.07) is 10.4. The molecule has 0 radical (unpaired) electrons. The summed E-state index contributed by atoms with van der Waals surface area (Å²) < 4.78 is 85.9. The van der Waals surface area contributed by atoms with E-state index in [1.54, 1.807) is 4.90 Å². The Bertz CT molecular complexity index is 1230. The summed E-state index contributed by atoms with van der Waals surface area (Å²) in [6.07, 6.45) is -9.60. The Morgan fingerprint density at radius 2 is 1.29 bits per heavy atom. The number of carbonyl (C=O) groups is 2. The summed E-state index contributed by atoms with van der Waals surface area (Å²) in [4.78, 5) is 33.6. The van der Waals surface area contributed by atoms with E-state index in [1.165, 1.54) is 4.90 Å². The number of halogens is 6. The van der Waals surface area contributed by atoms with Gasteiger partial charge in [-0.25, -0.2) is 4.79 Å². The molecule has 0 saturated carbocycles. The molecule has 0 bridgehead atoms. The van der Waals surface area contributed by atoms with Crippen LogP contribution in [0.1, 0.15) is 39.4 Å². The predicted molar refractivity (Wildman–Crippen MR) is 141 cm³/mol. The molecule has 0 spiro atoms. The Labute approximate surface area is 239 Å². The molecule has 2 atom stereocenters. The topological polar surface area (TPSA) is 56.3 Å². The monoisotopic (exact) mass is 598 g/mol. The largest absolute Gasteiger partial charge is 0.416 e. The molecule has 3 amide bonds. The van der Waals surface area contributed by atoms with Gasteiger partial charge in [-0.15, -0.1) is 0 Å². The summed E-state index contributed by atoms with van der Waals surface area (Å²) in [5.74, 6) is -1.09. The average molecular weight is 599 g/mol. The van der Waals surface area contributed by atoms with Crippen LogP contribution in [-0.4, -0.2) is 103 Å². The summed E-state index contributed by atoms with van der Waals surface area (Å²) in [6.45, 7) is 4.73. The molecule has 3 fully saturated rings. The SMILES string of the molecule is O=C(c1cc(C(F)(F)F)cc(C(F)(F)F)c1)N1CCC(N2CCN(C(=O)N3CCOCC3)CC2)C(c2ccccc2)C1. The Balaban J connectivity index is 1.33. The minimum Gasteiger partial charge on any atom is -0.378 e. The summed E-state index contributed by atoms with van der Waals surface area (Å²) in [7, 11) is 0. The van der Waals surface area contributed by atoms with Crippen LogP contribution in [-0.2, 0) is 17.1 Å². The number of amides is 3. The van der Waals surface area contributed by atoms with Crippen LogP contribution in [0.2, 0.25) is 0 Å². The van der Waals surface area contributed by atoms with E-state index in [0.29, 0.717) is 71.0 Å². The van der Waals surface area contributed by atoms with Crippen LogP contribution in [0.25, 0.3) is 0 Å². The van der Waals surface area contributed by atoms with Crippen molar-refractivity contribution in [1.82, 2.24) is 19.6 Å². The highest BCUT2D eigenvalue weighted by molar-refractivity contribution is 5.95. The summed E-state index contributed by atoms with van der Waals surface area (Å²) in [5, 5.41) is 0. The van der Waals surface area contributed by atoms with Crippen molar-refractivity contribution in [2.75, 3.05) is 65.6 Å². The molecule has 3 saturated heterocycles. The van der Waals surface area contributed by atoms with E-state index in [9.17, 15) is 35.9 Å². The Morgan fingerprint density at radius 1 is 0.714 bits per heavy atom. The molecule has 3 aliphatic heterocycles. The van der Waals surface area contributed by atoms with Crippen LogP contribution in [0.15, 0.2) is 48.5 Å². The lowest BCUT2D eigenvalue weighted by Crippen LogP contribution is -2.59. The normalized spacial score (nSPS) is 22.8. The smallest absolute Gasteiger partial charge is 0.378 e. The second-order valence-corrected chi connectivity index (χ2v) is 10.8. The fourth-order valence-corrected chi connectivity index (χ4v) is 6.05. The number of carbonyl (C=O) groups excluding carboxylic acids is 2. The molecule has 0 aromatic heterocycles. The van der Waals surface area contributed by atoms with Gasteiger partial charge in [0.1, 0.15) is 0 Å². The fraction of sp³-hybridized carbons (Fsp3) is 0.517. The zero-order chi connectivity index (χ0) is 30.1. The zero-order valence-corrected chi connectivity index (χ0v) is 22.8. The number of nitrogens with zero attached hydrogens (tertiary/aromatic N) is 4. The van der Waals surface area contributed by atoms with Crippen LogP contribution in [0.5, 0.6) is 0 Å². The highest BCUT2D eigenvalue weighted by Gasteiger charge is 2.41. The molecular weight excluding hydrogens is 566 g/mol. The summed E-state index contributed by atoms with van der Waals surface area (Å²) >= 11 is 0. The van der Waals surface area contributed by atoms with Gasteiger partial charge in [0.25, 0.3) is 5.91 Å². The van der Waals surface area contributed by atoms with Crippen LogP contribution in [0.3, 0.4) is 0 Å². The van der Waals surface area contributed by atoms with E-state index in [-0.39, 0.29) is 37.1 Å². The van der Waals surface area contributed by atoms with E-state index >= 15 is 0 Å². The van der Waals surface area contributed by atoms with E-state index in [2.05, 4.69) is 4.90 Å². The zero-order valence-electron chi connectivity index (χ0n) is 22.8.